The van der Waals surface area contributed by atoms with Crippen molar-refractivity contribution in [2.24, 2.45) is 0 Å². The van der Waals surface area contributed by atoms with Crippen molar-refractivity contribution in [3.8, 4) is 5.88 Å². The van der Waals surface area contributed by atoms with E-state index in [4.69, 9.17) is 10.5 Å². The third kappa shape index (κ3) is 3.77. The lowest BCUT2D eigenvalue weighted by Gasteiger charge is -2.16. The molecule has 0 radical (unpaired) electrons. The molecule has 94 valence electrons. The maximum absolute atomic E-state index is 5.91. The molecule has 1 aliphatic carbocycles. The van der Waals surface area contributed by atoms with Crippen molar-refractivity contribution < 1.29 is 4.74 Å². The van der Waals surface area contributed by atoms with Crippen LogP contribution in [-0.2, 0) is 0 Å². The molecule has 0 amide bonds. The second kappa shape index (κ2) is 6.10. The first-order valence-corrected chi connectivity index (χ1v) is 7.35. The van der Waals surface area contributed by atoms with Crippen molar-refractivity contribution >= 4 is 17.6 Å². The zero-order valence-electron chi connectivity index (χ0n) is 10.2. The van der Waals surface area contributed by atoms with Gasteiger partial charge >= 0.3 is 0 Å². The van der Waals surface area contributed by atoms with Gasteiger partial charge in [0.25, 0.3) is 0 Å². The van der Waals surface area contributed by atoms with Gasteiger partial charge in [-0.1, -0.05) is 24.6 Å². The van der Waals surface area contributed by atoms with Crippen LogP contribution in [0.1, 0.15) is 38.5 Å². The van der Waals surface area contributed by atoms with Crippen LogP contribution >= 0.6 is 11.8 Å². The topological polar surface area (TPSA) is 61.0 Å². The van der Waals surface area contributed by atoms with E-state index in [9.17, 15) is 0 Å². The fourth-order valence-corrected chi connectivity index (χ4v) is 2.48. The summed E-state index contributed by atoms with van der Waals surface area (Å²) >= 11 is 1.48. The van der Waals surface area contributed by atoms with Gasteiger partial charge in [0.1, 0.15) is 11.9 Å². The number of nitrogens with zero attached hydrogens (tertiary/aromatic N) is 2. The first-order valence-electron chi connectivity index (χ1n) is 6.13. The predicted octanol–water partition coefficient (Wildman–Crippen LogP) is 2.88. The Morgan fingerprint density at radius 2 is 1.94 bits per heavy atom. The number of anilines is 1. The highest BCUT2D eigenvalue weighted by molar-refractivity contribution is 7.98. The molecule has 17 heavy (non-hydrogen) atoms. The van der Waals surface area contributed by atoms with Gasteiger partial charge in [-0.25, -0.2) is 4.98 Å². The molecule has 1 aromatic heterocycles. The summed E-state index contributed by atoms with van der Waals surface area (Å²) in [7, 11) is 0. The van der Waals surface area contributed by atoms with E-state index in [2.05, 4.69) is 9.97 Å². The summed E-state index contributed by atoms with van der Waals surface area (Å²) in [6, 6.07) is 1.71. The second-order valence-corrected chi connectivity index (χ2v) is 5.12. The molecule has 0 aliphatic heterocycles. The van der Waals surface area contributed by atoms with Gasteiger partial charge in [-0.05, 0) is 31.9 Å². The lowest BCUT2D eigenvalue weighted by Crippen LogP contribution is -2.16. The third-order valence-electron chi connectivity index (χ3n) is 2.97. The van der Waals surface area contributed by atoms with Gasteiger partial charge in [0.05, 0.1) is 0 Å². The van der Waals surface area contributed by atoms with Crippen molar-refractivity contribution in [3.05, 3.63) is 6.07 Å². The van der Waals surface area contributed by atoms with Gasteiger partial charge in [0.2, 0.25) is 5.88 Å². The number of ether oxygens (including phenoxy) is 1. The van der Waals surface area contributed by atoms with E-state index >= 15 is 0 Å². The minimum absolute atomic E-state index is 0.293. The summed E-state index contributed by atoms with van der Waals surface area (Å²) in [5.41, 5.74) is 5.73. The van der Waals surface area contributed by atoms with Gasteiger partial charge in [-0.3, -0.25) is 0 Å². The highest BCUT2D eigenvalue weighted by Crippen LogP contribution is 2.23. The van der Waals surface area contributed by atoms with Crippen LogP contribution in [-0.4, -0.2) is 22.3 Å². The number of nitrogens with two attached hydrogens (primary N) is 1. The van der Waals surface area contributed by atoms with Crippen molar-refractivity contribution in [3.63, 3.8) is 0 Å². The van der Waals surface area contributed by atoms with Crippen molar-refractivity contribution in [1.29, 1.82) is 0 Å². The van der Waals surface area contributed by atoms with Crippen LogP contribution in [0.4, 0.5) is 5.82 Å². The van der Waals surface area contributed by atoms with Crippen molar-refractivity contribution in [2.75, 3.05) is 12.0 Å². The van der Waals surface area contributed by atoms with E-state index < -0.39 is 0 Å². The van der Waals surface area contributed by atoms with E-state index in [0.717, 1.165) is 12.8 Å². The number of hydrogen-bond donors (Lipinski definition) is 1. The smallest absolute Gasteiger partial charge is 0.219 e. The molecule has 1 aromatic rings. The van der Waals surface area contributed by atoms with Gasteiger partial charge in [-0.15, -0.1) is 0 Å². The van der Waals surface area contributed by atoms with Gasteiger partial charge < -0.3 is 10.5 Å². The monoisotopic (exact) mass is 253 g/mol. The SMILES string of the molecule is CSc1nc(N)cc(OC2CCCCCC2)n1. The average molecular weight is 253 g/mol. The van der Waals surface area contributed by atoms with E-state index in [1.807, 2.05) is 6.26 Å². The standard InChI is InChI=1S/C12H19N3OS/c1-17-12-14-10(13)8-11(15-12)16-9-6-4-2-3-5-7-9/h8-9H,2-7H2,1H3,(H2,13,14,15). The summed E-state index contributed by atoms with van der Waals surface area (Å²) in [6.45, 7) is 0. The van der Waals surface area contributed by atoms with E-state index in [1.165, 1.54) is 37.4 Å². The molecule has 1 saturated carbocycles. The zero-order chi connectivity index (χ0) is 12.1. The Balaban J connectivity index is 2.03. The minimum Gasteiger partial charge on any atom is -0.474 e. The summed E-state index contributed by atoms with van der Waals surface area (Å²) in [4.78, 5) is 8.44. The minimum atomic E-state index is 0.293. The summed E-state index contributed by atoms with van der Waals surface area (Å²) < 4.78 is 5.91. The molecule has 2 N–H and O–H groups in total. The van der Waals surface area contributed by atoms with Crippen LogP contribution in [0, 0.1) is 0 Å². The molecule has 0 bridgehead atoms. The van der Waals surface area contributed by atoms with E-state index in [1.54, 1.807) is 6.07 Å². The second-order valence-electron chi connectivity index (χ2n) is 4.35. The number of nitrogen functional groups attached to an aromatic ring is 1. The van der Waals surface area contributed by atoms with Gasteiger partial charge in [-0.2, -0.15) is 4.98 Å². The highest BCUT2D eigenvalue weighted by atomic mass is 32.2. The molecule has 0 spiro atoms. The molecule has 1 aliphatic rings. The first kappa shape index (κ1) is 12.5. The molecule has 5 heteroatoms. The largest absolute Gasteiger partial charge is 0.474 e. The Morgan fingerprint density at radius 3 is 2.59 bits per heavy atom. The quantitative estimate of drug-likeness (QED) is 0.510. The number of rotatable bonds is 3. The molecular formula is C12H19N3OS. The van der Waals surface area contributed by atoms with Crippen molar-refractivity contribution in [1.82, 2.24) is 9.97 Å². The predicted molar refractivity (Wildman–Crippen MR) is 70.3 cm³/mol. The molecule has 2 rings (SSSR count). The molecule has 1 fully saturated rings. The lowest BCUT2D eigenvalue weighted by molar-refractivity contribution is 0.174. The Bertz CT molecular complexity index is 365. The number of aromatic nitrogens is 2. The molecule has 0 saturated heterocycles. The fraction of sp³-hybridized carbons (Fsp3) is 0.667. The van der Waals surface area contributed by atoms with E-state index in [0.29, 0.717) is 23.0 Å². The van der Waals surface area contributed by atoms with Gasteiger partial charge in [0.15, 0.2) is 5.16 Å². The average Bonchev–Trinajstić information content (AvgIpc) is 2.57. The van der Waals surface area contributed by atoms with Gasteiger partial charge in [0, 0.05) is 6.07 Å². The molecule has 0 atom stereocenters. The number of hydrogen-bond acceptors (Lipinski definition) is 5. The first-order chi connectivity index (χ1) is 8.28. The molecule has 0 aromatic carbocycles. The van der Waals surface area contributed by atoms with Crippen LogP contribution in [0.2, 0.25) is 0 Å². The molecular weight excluding hydrogens is 234 g/mol. The maximum atomic E-state index is 5.91. The molecule has 0 unspecified atom stereocenters. The van der Waals surface area contributed by atoms with E-state index in [-0.39, 0.29) is 0 Å². The summed E-state index contributed by atoms with van der Waals surface area (Å²) in [6.07, 6.45) is 9.62. The zero-order valence-corrected chi connectivity index (χ0v) is 11.0. The van der Waals surface area contributed by atoms with Crippen LogP contribution in [0.15, 0.2) is 11.2 Å². The van der Waals surface area contributed by atoms with Crippen LogP contribution < -0.4 is 10.5 Å². The molecule has 4 nitrogen and oxygen atoms in total. The Morgan fingerprint density at radius 1 is 1.24 bits per heavy atom. The Hall–Kier alpha value is -0.970. The number of thioether (sulfide) groups is 1. The highest BCUT2D eigenvalue weighted by Gasteiger charge is 2.15. The Labute approximate surface area is 106 Å². The lowest BCUT2D eigenvalue weighted by atomic mass is 10.1. The maximum Gasteiger partial charge on any atom is 0.219 e. The van der Waals surface area contributed by atoms with Crippen LogP contribution in [0.5, 0.6) is 5.88 Å². The molecule has 1 heterocycles. The fourth-order valence-electron chi connectivity index (χ4n) is 2.10. The normalized spacial score (nSPS) is 17.7. The summed E-state index contributed by atoms with van der Waals surface area (Å²) in [5.74, 6) is 1.10. The third-order valence-corrected chi connectivity index (χ3v) is 3.52. The van der Waals surface area contributed by atoms with Crippen LogP contribution in [0.25, 0.3) is 0 Å². The summed E-state index contributed by atoms with van der Waals surface area (Å²) in [5, 5.41) is 0.675. The van der Waals surface area contributed by atoms with Crippen LogP contribution in [0.3, 0.4) is 0 Å². The Kier molecular flexibility index (Phi) is 4.48. The van der Waals surface area contributed by atoms with Crippen molar-refractivity contribution in [2.45, 2.75) is 49.8 Å².